The summed E-state index contributed by atoms with van der Waals surface area (Å²) in [6, 6.07) is 14.3. The van der Waals surface area contributed by atoms with Gasteiger partial charge in [0.05, 0.1) is 11.1 Å². The molecule has 4 N–H and O–H groups in total. The molecule has 0 aromatic heterocycles. The molecule has 10 heteroatoms. The van der Waals surface area contributed by atoms with Crippen molar-refractivity contribution < 1.29 is 49.1 Å². The Labute approximate surface area is 217 Å². The number of carbonyl (C=O) groups excluding carboxylic acids is 2. The highest BCUT2D eigenvalue weighted by Crippen LogP contribution is 2.50. The van der Waals surface area contributed by atoms with Crippen molar-refractivity contribution in [3.05, 3.63) is 70.8 Å². The van der Waals surface area contributed by atoms with Crippen LogP contribution in [-0.4, -0.2) is 55.5 Å². The van der Waals surface area contributed by atoms with E-state index in [1.54, 1.807) is 24.3 Å². The molecule has 2 spiro atoms. The van der Waals surface area contributed by atoms with Gasteiger partial charge in [0.25, 0.3) is 0 Å². The Bertz CT molecular complexity index is 1210. The van der Waals surface area contributed by atoms with Gasteiger partial charge in [0.15, 0.2) is 11.2 Å². The minimum atomic E-state index is -1.70. The first-order valence-corrected chi connectivity index (χ1v) is 12.5. The number of benzene rings is 2. The van der Waals surface area contributed by atoms with E-state index in [-0.39, 0.29) is 37.6 Å². The zero-order valence-corrected chi connectivity index (χ0v) is 20.5. The first-order valence-electron chi connectivity index (χ1n) is 12.5. The lowest BCUT2D eigenvalue weighted by Crippen LogP contribution is -2.46. The molecule has 2 heterocycles. The lowest BCUT2D eigenvalue weighted by Gasteiger charge is -2.39. The monoisotopic (exact) mass is 524 g/mol. The second-order valence-corrected chi connectivity index (χ2v) is 10.5. The molecule has 2 aliphatic heterocycles. The molecule has 2 saturated carbocycles. The van der Waals surface area contributed by atoms with Gasteiger partial charge in [0.1, 0.15) is 11.2 Å². The van der Waals surface area contributed by atoms with E-state index in [1.807, 2.05) is 24.3 Å². The summed E-state index contributed by atoms with van der Waals surface area (Å²) in [6.45, 7) is 0. The maximum Gasteiger partial charge on any atom is 0.339 e. The lowest BCUT2D eigenvalue weighted by molar-refractivity contribution is -0.168. The van der Waals surface area contributed by atoms with Crippen LogP contribution in [0.2, 0.25) is 0 Å². The summed E-state index contributed by atoms with van der Waals surface area (Å²) in [6.07, 6.45) is 1.68. The Hall–Kier alpha value is -3.76. The Morgan fingerprint density at radius 3 is 1.21 bits per heavy atom. The maximum atomic E-state index is 11.8. The number of fused-ring (bicyclic) bond motifs is 4. The van der Waals surface area contributed by atoms with Crippen molar-refractivity contribution in [3.8, 4) is 0 Å². The van der Waals surface area contributed by atoms with Crippen LogP contribution >= 0.6 is 0 Å². The van der Waals surface area contributed by atoms with E-state index in [2.05, 4.69) is 0 Å². The van der Waals surface area contributed by atoms with Crippen molar-refractivity contribution in [3.63, 3.8) is 0 Å². The Kier molecular flexibility index (Phi) is 6.07. The predicted molar refractivity (Wildman–Crippen MR) is 129 cm³/mol. The molecule has 4 aliphatic rings. The molecule has 0 atom stereocenters. The summed E-state index contributed by atoms with van der Waals surface area (Å²) in [5.41, 5.74) is -2.19. The van der Waals surface area contributed by atoms with Crippen LogP contribution in [0.25, 0.3) is 0 Å². The van der Waals surface area contributed by atoms with Gasteiger partial charge in [-0.1, -0.05) is 36.4 Å². The van der Waals surface area contributed by atoms with Crippen molar-refractivity contribution in [1.29, 1.82) is 0 Å². The summed E-state index contributed by atoms with van der Waals surface area (Å²) in [7, 11) is 0. The Morgan fingerprint density at radius 2 is 0.895 bits per heavy atom. The standard InChI is InChI=1S/2C14H14O5/c2*15-11-9-3-1-2-4-10(9)14(19-11)7-5-13(18,6-8-14)12(16)17/h2*1-4,18H,5-8H2,(H,16,17). The number of aliphatic carboxylic acids is 2. The van der Waals surface area contributed by atoms with Gasteiger partial charge in [-0.2, -0.15) is 0 Å². The topological polar surface area (TPSA) is 168 Å². The second-order valence-electron chi connectivity index (χ2n) is 10.5. The molecule has 200 valence electrons. The summed E-state index contributed by atoms with van der Waals surface area (Å²) in [4.78, 5) is 45.7. The average Bonchev–Trinajstić information content (AvgIpc) is 3.35. The minimum Gasteiger partial charge on any atom is -0.479 e. The fourth-order valence-electron chi connectivity index (χ4n) is 6.00. The van der Waals surface area contributed by atoms with Crippen molar-refractivity contribution in [2.75, 3.05) is 0 Å². The van der Waals surface area contributed by atoms with Gasteiger partial charge >= 0.3 is 23.9 Å². The van der Waals surface area contributed by atoms with Crippen LogP contribution in [0.5, 0.6) is 0 Å². The number of carboxylic acid groups (broad SMARTS) is 2. The normalized spacial score (nSPS) is 33.0. The van der Waals surface area contributed by atoms with Crippen LogP contribution in [-0.2, 0) is 30.3 Å². The molecule has 38 heavy (non-hydrogen) atoms. The summed E-state index contributed by atoms with van der Waals surface area (Å²) >= 11 is 0. The van der Waals surface area contributed by atoms with Crippen LogP contribution in [0, 0.1) is 0 Å². The summed E-state index contributed by atoms with van der Waals surface area (Å²) < 4.78 is 11.0. The molecule has 0 radical (unpaired) electrons. The van der Waals surface area contributed by atoms with E-state index in [1.165, 1.54) is 0 Å². The highest BCUT2D eigenvalue weighted by molar-refractivity contribution is 5.95. The number of carbonyl (C=O) groups is 4. The number of rotatable bonds is 2. The van der Waals surface area contributed by atoms with Crippen LogP contribution in [0.4, 0.5) is 0 Å². The fourth-order valence-corrected chi connectivity index (χ4v) is 6.00. The number of esters is 2. The van der Waals surface area contributed by atoms with Gasteiger partial charge in [-0.3, -0.25) is 0 Å². The molecule has 2 aromatic rings. The van der Waals surface area contributed by atoms with Gasteiger partial charge in [-0.15, -0.1) is 0 Å². The molecule has 10 nitrogen and oxygen atoms in total. The van der Waals surface area contributed by atoms with Crippen LogP contribution < -0.4 is 0 Å². The van der Waals surface area contributed by atoms with Gasteiger partial charge in [-0.25, -0.2) is 19.2 Å². The predicted octanol–water partition coefficient (Wildman–Crippen LogP) is 2.88. The first kappa shape index (κ1) is 25.9. The van der Waals surface area contributed by atoms with E-state index in [9.17, 15) is 29.4 Å². The molecule has 0 amide bonds. The van der Waals surface area contributed by atoms with Crippen molar-refractivity contribution in [2.45, 2.75) is 73.8 Å². The minimum absolute atomic E-state index is 0.0872. The van der Waals surface area contributed by atoms with Crippen molar-refractivity contribution >= 4 is 23.9 Å². The third-order valence-corrected chi connectivity index (χ3v) is 8.42. The molecular formula is C28H28O10. The third-order valence-electron chi connectivity index (χ3n) is 8.42. The van der Waals surface area contributed by atoms with Crippen LogP contribution in [0.1, 0.15) is 83.2 Å². The zero-order valence-electron chi connectivity index (χ0n) is 20.5. The van der Waals surface area contributed by atoms with E-state index in [0.29, 0.717) is 36.8 Å². The summed E-state index contributed by atoms with van der Waals surface area (Å²) in [5.74, 6) is -3.15. The van der Waals surface area contributed by atoms with Crippen molar-refractivity contribution in [1.82, 2.24) is 0 Å². The SMILES string of the molecule is O=C1OC2(CCC(O)(C(=O)O)CC2)c2ccccc21.O=C1OC2(CCC(O)(C(=O)O)CC2)c2ccccc21. The number of aliphatic hydroxyl groups is 2. The largest absolute Gasteiger partial charge is 0.479 e. The average molecular weight is 525 g/mol. The maximum absolute atomic E-state index is 11.8. The fraction of sp³-hybridized carbons (Fsp3) is 0.429. The van der Waals surface area contributed by atoms with E-state index >= 15 is 0 Å². The van der Waals surface area contributed by atoms with Gasteiger partial charge in [-0.05, 0) is 63.5 Å². The van der Waals surface area contributed by atoms with Crippen LogP contribution in [0.15, 0.2) is 48.5 Å². The molecule has 2 fully saturated rings. The second kappa shape index (κ2) is 8.92. The molecule has 2 aromatic carbocycles. The van der Waals surface area contributed by atoms with Gasteiger partial charge < -0.3 is 29.9 Å². The van der Waals surface area contributed by atoms with Gasteiger partial charge in [0, 0.05) is 11.1 Å². The molecule has 2 aliphatic carbocycles. The van der Waals surface area contributed by atoms with Crippen molar-refractivity contribution in [2.24, 2.45) is 0 Å². The number of hydrogen-bond donors (Lipinski definition) is 4. The molecular weight excluding hydrogens is 496 g/mol. The third kappa shape index (κ3) is 4.04. The zero-order chi connectivity index (χ0) is 27.3. The van der Waals surface area contributed by atoms with E-state index in [0.717, 1.165) is 11.1 Å². The molecule has 0 saturated heterocycles. The highest BCUT2D eigenvalue weighted by Gasteiger charge is 2.54. The van der Waals surface area contributed by atoms with Gasteiger partial charge in [0.2, 0.25) is 0 Å². The summed E-state index contributed by atoms with van der Waals surface area (Å²) in [5, 5.41) is 38.0. The molecule has 6 rings (SSSR count). The number of hydrogen-bond acceptors (Lipinski definition) is 8. The smallest absolute Gasteiger partial charge is 0.339 e. The Balaban J connectivity index is 0.000000155. The molecule has 0 bridgehead atoms. The van der Waals surface area contributed by atoms with Crippen LogP contribution in [0.3, 0.4) is 0 Å². The quantitative estimate of drug-likeness (QED) is 0.429. The number of ether oxygens (including phenoxy) is 2. The van der Waals surface area contributed by atoms with E-state index in [4.69, 9.17) is 19.7 Å². The highest BCUT2D eigenvalue weighted by atomic mass is 16.6. The Morgan fingerprint density at radius 1 is 0.579 bits per heavy atom. The first-order chi connectivity index (χ1) is 17.9. The lowest BCUT2D eigenvalue weighted by atomic mass is 9.73. The van der Waals surface area contributed by atoms with E-state index < -0.39 is 34.3 Å². The molecule has 0 unspecified atom stereocenters. The number of carboxylic acids is 2.